The molecule has 0 aromatic rings. The first-order chi connectivity index (χ1) is 9.60. The molecule has 1 rings (SSSR count). The zero-order valence-corrected chi connectivity index (χ0v) is 12.2. The largest absolute Gasteiger partial charge is 0.481 e. The number of carbonyl (C=O) groups excluding carboxylic acids is 1. The van der Waals surface area contributed by atoms with Crippen molar-refractivity contribution < 1.29 is 19.8 Å². The van der Waals surface area contributed by atoms with Gasteiger partial charge in [0.2, 0.25) is 0 Å². The predicted molar refractivity (Wildman–Crippen MR) is 75.5 cm³/mol. The van der Waals surface area contributed by atoms with Crippen molar-refractivity contribution in [1.29, 1.82) is 0 Å². The van der Waals surface area contributed by atoms with E-state index >= 15 is 0 Å². The number of aliphatic hydroxyl groups excluding tert-OH is 1. The molecule has 20 heavy (non-hydrogen) atoms. The van der Waals surface area contributed by atoms with Crippen molar-refractivity contribution in [2.45, 2.75) is 51.5 Å². The van der Waals surface area contributed by atoms with Crippen LogP contribution in [0.2, 0.25) is 0 Å². The second kappa shape index (κ2) is 8.79. The third-order valence-electron chi connectivity index (χ3n) is 3.83. The summed E-state index contributed by atoms with van der Waals surface area (Å²) in [5, 5.41) is 21.1. The van der Waals surface area contributed by atoms with Gasteiger partial charge in [0.15, 0.2) is 0 Å². The van der Waals surface area contributed by atoms with E-state index in [1.807, 2.05) is 6.92 Å². The standard InChI is InChI=1S/C14H26N2O4/c1-2-3-8-16(9-10-17)14(20)15-12-7-5-4-6-11(12)13(18)19/h11-12,17H,2-10H2,1H3,(H,15,20)(H,18,19). The number of amides is 2. The molecule has 1 fully saturated rings. The molecule has 2 unspecified atom stereocenters. The average molecular weight is 286 g/mol. The quantitative estimate of drug-likeness (QED) is 0.660. The van der Waals surface area contributed by atoms with Crippen LogP contribution in [0.1, 0.15) is 45.4 Å². The topological polar surface area (TPSA) is 89.9 Å². The van der Waals surface area contributed by atoms with Crippen LogP contribution in [0.25, 0.3) is 0 Å². The molecule has 6 nitrogen and oxygen atoms in total. The molecule has 0 heterocycles. The van der Waals surface area contributed by atoms with E-state index in [2.05, 4.69) is 5.32 Å². The van der Waals surface area contributed by atoms with Gasteiger partial charge in [-0.1, -0.05) is 26.2 Å². The summed E-state index contributed by atoms with van der Waals surface area (Å²) in [6, 6.07) is -0.554. The molecule has 0 aliphatic heterocycles. The van der Waals surface area contributed by atoms with E-state index in [0.717, 1.165) is 25.7 Å². The van der Waals surface area contributed by atoms with Gasteiger partial charge in [0, 0.05) is 19.1 Å². The number of carbonyl (C=O) groups is 2. The van der Waals surface area contributed by atoms with Crippen molar-refractivity contribution >= 4 is 12.0 Å². The fourth-order valence-corrected chi connectivity index (χ4v) is 2.63. The van der Waals surface area contributed by atoms with Crippen LogP contribution in [0.4, 0.5) is 4.79 Å². The summed E-state index contributed by atoms with van der Waals surface area (Å²) in [6.45, 7) is 2.84. The third kappa shape index (κ3) is 5.00. The number of carboxylic acid groups (broad SMARTS) is 1. The number of aliphatic hydroxyl groups is 1. The Labute approximate surface area is 120 Å². The molecule has 2 amide bonds. The third-order valence-corrected chi connectivity index (χ3v) is 3.83. The van der Waals surface area contributed by atoms with E-state index in [0.29, 0.717) is 19.4 Å². The van der Waals surface area contributed by atoms with Crippen LogP contribution in [0.5, 0.6) is 0 Å². The van der Waals surface area contributed by atoms with Gasteiger partial charge in [-0.3, -0.25) is 4.79 Å². The molecular weight excluding hydrogens is 260 g/mol. The zero-order valence-electron chi connectivity index (χ0n) is 12.2. The highest BCUT2D eigenvalue weighted by molar-refractivity contribution is 5.77. The minimum atomic E-state index is -0.836. The summed E-state index contributed by atoms with van der Waals surface area (Å²) in [5.41, 5.74) is 0. The Morgan fingerprint density at radius 1 is 1.25 bits per heavy atom. The molecule has 3 N–H and O–H groups in total. The van der Waals surface area contributed by atoms with Crippen LogP contribution >= 0.6 is 0 Å². The van der Waals surface area contributed by atoms with Gasteiger partial charge in [-0.25, -0.2) is 4.79 Å². The van der Waals surface area contributed by atoms with E-state index in [-0.39, 0.29) is 25.2 Å². The number of nitrogens with zero attached hydrogens (tertiary/aromatic N) is 1. The first-order valence-corrected chi connectivity index (χ1v) is 7.49. The van der Waals surface area contributed by atoms with Gasteiger partial charge in [0.25, 0.3) is 0 Å². The van der Waals surface area contributed by atoms with E-state index in [1.165, 1.54) is 0 Å². The van der Waals surface area contributed by atoms with E-state index < -0.39 is 11.9 Å². The van der Waals surface area contributed by atoms with Gasteiger partial charge in [-0.05, 0) is 19.3 Å². The van der Waals surface area contributed by atoms with E-state index in [1.54, 1.807) is 4.90 Å². The molecule has 1 aliphatic rings. The number of urea groups is 1. The second-order valence-electron chi connectivity index (χ2n) is 5.35. The minimum Gasteiger partial charge on any atom is -0.481 e. The van der Waals surface area contributed by atoms with Gasteiger partial charge >= 0.3 is 12.0 Å². The van der Waals surface area contributed by atoms with Gasteiger partial charge in [-0.2, -0.15) is 0 Å². The van der Waals surface area contributed by atoms with Crippen molar-refractivity contribution in [3.63, 3.8) is 0 Å². The van der Waals surface area contributed by atoms with Crippen molar-refractivity contribution in [2.24, 2.45) is 5.92 Å². The number of aliphatic carboxylic acids is 1. The molecule has 0 saturated heterocycles. The Bertz CT molecular complexity index is 322. The lowest BCUT2D eigenvalue weighted by Gasteiger charge is -2.32. The Kier molecular flexibility index (Phi) is 7.36. The fraction of sp³-hybridized carbons (Fsp3) is 0.857. The summed E-state index contributed by atoms with van der Waals surface area (Å²) in [4.78, 5) is 25.0. The number of hydrogen-bond acceptors (Lipinski definition) is 3. The SMILES string of the molecule is CCCCN(CCO)C(=O)NC1CCCCC1C(=O)O. The van der Waals surface area contributed by atoms with Crippen LogP contribution in [0.15, 0.2) is 0 Å². The van der Waals surface area contributed by atoms with Crippen LogP contribution in [-0.2, 0) is 4.79 Å². The lowest BCUT2D eigenvalue weighted by molar-refractivity contribution is -0.143. The Morgan fingerprint density at radius 2 is 1.95 bits per heavy atom. The lowest BCUT2D eigenvalue weighted by atomic mass is 9.84. The normalized spacial score (nSPS) is 22.3. The second-order valence-corrected chi connectivity index (χ2v) is 5.35. The smallest absolute Gasteiger partial charge is 0.317 e. The Hall–Kier alpha value is -1.30. The van der Waals surface area contributed by atoms with Crippen LogP contribution in [0, 0.1) is 5.92 Å². The van der Waals surface area contributed by atoms with Gasteiger partial charge in [0.05, 0.1) is 12.5 Å². The number of hydrogen-bond donors (Lipinski definition) is 3. The maximum Gasteiger partial charge on any atom is 0.317 e. The predicted octanol–water partition coefficient (Wildman–Crippen LogP) is 1.43. The van der Waals surface area contributed by atoms with Crippen LogP contribution in [0.3, 0.4) is 0 Å². The highest BCUT2D eigenvalue weighted by Crippen LogP contribution is 2.24. The fourth-order valence-electron chi connectivity index (χ4n) is 2.63. The number of nitrogens with one attached hydrogen (secondary N) is 1. The van der Waals surface area contributed by atoms with E-state index in [4.69, 9.17) is 5.11 Å². The highest BCUT2D eigenvalue weighted by Gasteiger charge is 2.32. The molecule has 116 valence electrons. The first kappa shape index (κ1) is 16.8. The van der Waals surface area contributed by atoms with E-state index in [9.17, 15) is 14.7 Å². The van der Waals surface area contributed by atoms with Crippen molar-refractivity contribution in [3.05, 3.63) is 0 Å². The highest BCUT2D eigenvalue weighted by atomic mass is 16.4. The molecule has 0 spiro atoms. The molecule has 0 radical (unpaired) electrons. The molecule has 2 atom stereocenters. The van der Waals surface area contributed by atoms with Gasteiger partial charge < -0.3 is 20.4 Å². The van der Waals surface area contributed by atoms with Crippen molar-refractivity contribution in [1.82, 2.24) is 10.2 Å². The summed E-state index contributed by atoms with van der Waals surface area (Å²) < 4.78 is 0. The molecule has 1 saturated carbocycles. The molecule has 0 aromatic carbocycles. The monoisotopic (exact) mass is 286 g/mol. The summed E-state index contributed by atoms with van der Waals surface area (Å²) >= 11 is 0. The lowest BCUT2D eigenvalue weighted by Crippen LogP contribution is -2.51. The molecule has 0 aromatic heterocycles. The molecular formula is C14H26N2O4. The summed E-state index contributed by atoms with van der Waals surface area (Å²) in [6.07, 6.45) is 5.03. The van der Waals surface area contributed by atoms with Crippen molar-refractivity contribution in [2.75, 3.05) is 19.7 Å². The Balaban J connectivity index is 2.57. The molecule has 0 bridgehead atoms. The van der Waals surface area contributed by atoms with Crippen LogP contribution in [-0.4, -0.2) is 52.9 Å². The Morgan fingerprint density at radius 3 is 2.55 bits per heavy atom. The molecule has 6 heteroatoms. The summed E-state index contributed by atoms with van der Waals surface area (Å²) in [5.74, 6) is -1.33. The van der Waals surface area contributed by atoms with Gasteiger partial charge in [-0.15, -0.1) is 0 Å². The number of rotatable bonds is 7. The zero-order chi connectivity index (χ0) is 15.0. The average Bonchev–Trinajstić information content (AvgIpc) is 2.43. The number of carboxylic acids is 1. The maximum absolute atomic E-state index is 12.2. The maximum atomic E-state index is 12.2. The first-order valence-electron chi connectivity index (χ1n) is 7.49. The number of unbranched alkanes of at least 4 members (excludes halogenated alkanes) is 1. The molecule has 1 aliphatic carbocycles. The summed E-state index contributed by atoms with van der Waals surface area (Å²) in [7, 11) is 0. The minimum absolute atomic E-state index is 0.0792. The van der Waals surface area contributed by atoms with Crippen molar-refractivity contribution in [3.8, 4) is 0 Å². The van der Waals surface area contributed by atoms with Crippen LogP contribution < -0.4 is 5.32 Å². The van der Waals surface area contributed by atoms with Gasteiger partial charge in [0.1, 0.15) is 0 Å².